The molecule has 1 N–H and O–H groups in total. The zero-order valence-corrected chi connectivity index (χ0v) is 20.5. The molecule has 5 nitrogen and oxygen atoms in total. The Morgan fingerprint density at radius 2 is 1.69 bits per heavy atom. The Hall–Kier alpha value is -3.60. The van der Waals surface area contributed by atoms with Crippen molar-refractivity contribution in [2.24, 2.45) is 5.92 Å². The fraction of sp³-hybridized carbons (Fsp3) is 0.333. The van der Waals surface area contributed by atoms with Gasteiger partial charge in [0.25, 0.3) is 5.91 Å². The molecule has 0 radical (unpaired) electrons. The highest BCUT2D eigenvalue weighted by Gasteiger charge is 2.50. The highest BCUT2D eigenvalue weighted by molar-refractivity contribution is 5.95. The molecule has 0 unspecified atom stereocenters. The number of nitrogens with one attached hydrogen (secondary N) is 1. The molecular formula is C30H31NO4. The Morgan fingerprint density at radius 1 is 0.943 bits per heavy atom. The van der Waals surface area contributed by atoms with Gasteiger partial charge < -0.3 is 14.8 Å². The van der Waals surface area contributed by atoms with Crippen LogP contribution in [0.1, 0.15) is 53.7 Å². The first-order valence-electron chi connectivity index (χ1n) is 12.3. The molecule has 35 heavy (non-hydrogen) atoms. The van der Waals surface area contributed by atoms with E-state index in [9.17, 15) is 9.59 Å². The summed E-state index contributed by atoms with van der Waals surface area (Å²) in [7, 11) is 0. The van der Waals surface area contributed by atoms with Crippen LogP contribution in [0.15, 0.2) is 60.7 Å². The number of rotatable bonds is 8. The Balaban J connectivity index is 1.32. The predicted octanol–water partition coefficient (Wildman–Crippen LogP) is 5.62. The monoisotopic (exact) mass is 469 g/mol. The van der Waals surface area contributed by atoms with E-state index in [-0.39, 0.29) is 18.5 Å². The van der Waals surface area contributed by atoms with Gasteiger partial charge in [-0.05, 0) is 77.8 Å². The van der Waals surface area contributed by atoms with Crippen molar-refractivity contribution >= 4 is 11.7 Å². The van der Waals surface area contributed by atoms with E-state index >= 15 is 0 Å². The minimum atomic E-state index is -0.420. The first kappa shape index (κ1) is 23.2. The van der Waals surface area contributed by atoms with Crippen molar-refractivity contribution in [1.82, 2.24) is 5.32 Å². The molecule has 1 fully saturated rings. The fourth-order valence-electron chi connectivity index (χ4n) is 4.69. The van der Waals surface area contributed by atoms with Crippen molar-refractivity contribution < 1.29 is 19.1 Å². The normalized spacial score (nSPS) is 15.2. The van der Waals surface area contributed by atoms with Crippen LogP contribution in [0.3, 0.4) is 0 Å². The van der Waals surface area contributed by atoms with Gasteiger partial charge in [0, 0.05) is 18.5 Å². The summed E-state index contributed by atoms with van der Waals surface area (Å²) in [6.45, 7) is 7.10. The second-order valence-corrected chi connectivity index (χ2v) is 10.1. The van der Waals surface area contributed by atoms with Crippen LogP contribution >= 0.6 is 0 Å². The number of benzene rings is 3. The van der Waals surface area contributed by atoms with Crippen LogP contribution in [-0.4, -0.2) is 25.0 Å². The maximum absolute atomic E-state index is 13.4. The van der Waals surface area contributed by atoms with Crippen molar-refractivity contribution in [3.8, 4) is 22.6 Å². The molecule has 1 saturated carbocycles. The highest BCUT2D eigenvalue weighted by atomic mass is 16.7. The second kappa shape index (κ2) is 9.21. The van der Waals surface area contributed by atoms with Gasteiger partial charge in [-0.2, -0.15) is 0 Å². The predicted molar refractivity (Wildman–Crippen MR) is 136 cm³/mol. The first-order valence-corrected chi connectivity index (χ1v) is 12.3. The molecule has 0 spiro atoms. The molecule has 0 saturated heterocycles. The van der Waals surface area contributed by atoms with Gasteiger partial charge in [-0.1, -0.05) is 50.2 Å². The maximum atomic E-state index is 13.4. The Kier molecular flexibility index (Phi) is 6.10. The molecule has 5 heteroatoms. The molecule has 1 heterocycles. The maximum Gasteiger partial charge on any atom is 0.251 e. The average Bonchev–Trinajstić information content (AvgIpc) is 3.54. The summed E-state index contributed by atoms with van der Waals surface area (Å²) in [5.41, 5.74) is 5.50. The molecule has 0 bridgehead atoms. The van der Waals surface area contributed by atoms with Crippen molar-refractivity contribution in [2.45, 2.75) is 45.4 Å². The molecule has 0 atom stereocenters. The van der Waals surface area contributed by atoms with E-state index in [0.29, 0.717) is 24.4 Å². The summed E-state index contributed by atoms with van der Waals surface area (Å²) in [4.78, 5) is 25.8. The van der Waals surface area contributed by atoms with Crippen LogP contribution in [0.2, 0.25) is 0 Å². The topological polar surface area (TPSA) is 64.6 Å². The van der Waals surface area contributed by atoms with Gasteiger partial charge in [0.15, 0.2) is 11.5 Å². The SMILES string of the molecule is Cc1ccc(CC(=O)C2(c3ccc4c(c3)OCO4)CC2)cc1-c1ccc(C(=O)NCC(C)C)cc1. The Morgan fingerprint density at radius 3 is 2.40 bits per heavy atom. The lowest BCUT2D eigenvalue weighted by Crippen LogP contribution is -2.27. The van der Waals surface area contributed by atoms with E-state index in [1.165, 1.54) is 0 Å². The zero-order chi connectivity index (χ0) is 24.6. The second-order valence-electron chi connectivity index (χ2n) is 10.1. The molecule has 1 aliphatic carbocycles. The smallest absolute Gasteiger partial charge is 0.251 e. The number of amides is 1. The summed E-state index contributed by atoms with van der Waals surface area (Å²) in [6.07, 6.45) is 2.12. The molecular weight excluding hydrogens is 438 g/mol. The van der Waals surface area contributed by atoms with E-state index in [0.717, 1.165) is 52.2 Å². The van der Waals surface area contributed by atoms with Crippen LogP contribution in [0.5, 0.6) is 11.5 Å². The van der Waals surface area contributed by atoms with E-state index < -0.39 is 5.41 Å². The molecule has 5 rings (SSSR count). The number of Topliss-reactive ketones (excluding diaryl/α,β-unsaturated/α-hetero) is 1. The fourth-order valence-corrected chi connectivity index (χ4v) is 4.69. The third kappa shape index (κ3) is 4.68. The molecule has 3 aromatic carbocycles. The third-order valence-corrected chi connectivity index (χ3v) is 7.00. The van der Waals surface area contributed by atoms with Crippen molar-refractivity contribution in [2.75, 3.05) is 13.3 Å². The number of hydrogen-bond acceptors (Lipinski definition) is 4. The minimum absolute atomic E-state index is 0.0560. The molecule has 1 amide bonds. The van der Waals surface area contributed by atoms with Crippen LogP contribution in [-0.2, 0) is 16.6 Å². The number of carbonyl (C=O) groups is 2. The van der Waals surface area contributed by atoms with Gasteiger partial charge in [-0.25, -0.2) is 0 Å². The van der Waals surface area contributed by atoms with Crippen LogP contribution < -0.4 is 14.8 Å². The average molecular weight is 470 g/mol. The van der Waals surface area contributed by atoms with Gasteiger partial charge >= 0.3 is 0 Å². The third-order valence-electron chi connectivity index (χ3n) is 7.00. The number of carbonyl (C=O) groups excluding carboxylic acids is 2. The van der Waals surface area contributed by atoms with E-state index in [4.69, 9.17) is 9.47 Å². The van der Waals surface area contributed by atoms with Gasteiger partial charge in [0.1, 0.15) is 5.78 Å². The number of ketones is 1. The standard InChI is InChI=1S/C30H31NO4/c1-19(2)17-31-29(33)23-8-6-22(7-9-23)25-14-21(5-4-20(25)3)15-28(32)30(12-13-30)24-10-11-26-27(16-24)35-18-34-26/h4-11,14,16,19H,12-13,15,17-18H2,1-3H3,(H,31,33). The lowest BCUT2D eigenvalue weighted by atomic mass is 9.87. The number of fused-ring (bicyclic) bond motifs is 1. The molecule has 0 aromatic heterocycles. The van der Waals surface area contributed by atoms with Crippen molar-refractivity contribution in [3.05, 3.63) is 82.9 Å². The van der Waals surface area contributed by atoms with Gasteiger partial charge in [0.2, 0.25) is 6.79 Å². The van der Waals surface area contributed by atoms with Crippen LogP contribution in [0.4, 0.5) is 0 Å². The van der Waals surface area contributed by atoms with Gasteiger partial charge in [-0.15, -0.1) is 0 Å². The Labute approximate surface area is 206 Å². The number of ether oxygens (including phenoxy) is 2. The van der Waals surface area contributed by atoms with Gasteiger partial charge in [0.05, 0.1) is 5.41 Å². The highest BCUT2D eigenvalue weighted by Crippen LogP contribution is 2.51. The molecule has 2 aliphatic rings. The summed E-state index contributed by atoms with van der Waals surface area (Å²) in [5, 5.41) is 2.96. The number of hydrogen-bond donors (Lipinski definition) is 1. The van der Waals surface area contributed by atoms with E-state index in [1.807, 2.05) is 48.5 Å². The van der Waals surface area contributed by atoms with E-state index in [1.54, 1.807) is 0 Å². The zero-order valence-electron chi connectivity index (χ0n) is 20.5. The molecule has 180 valence electrons. The summed E-state index contributed by atoms with van der Waals surface area (Å²) in [6, 6.07) is 19.8. The minimum Gasteiger partial charge on any atom is -0.454 e. The lowest BCUT2D eigenvalue weighted by Gasteiger charge is -2.16. The largest absolute Gasteiger partial charge is 0.454 e. The summed E-state index contributed by atoms with van der Waals surface area (Å²) < 4.78 is 10.9. The van der Waals surface area contributed by atoms with Gasteiger partial charge in [-0.3, -0.25) is 9.59 Å². The number of aryl methyl sites for hydroxylation is 1. The van der Waals surface area contributed by atoms with Crippen LogP contribution in [0, 0.1) is 12.8 Å². The lowest BCUT2D eigenvalue weighted by molar-refractivity contribution is -0.120. The van der Waals surface area contributed by atoms with Crippen molar-refractivity contribution in [3.63, 3.8) is 0 Å². The molecule has 3 aromatic rings. The van der Waals surface area contributed by atoms with E-state index in [2.05, 4.69) is 38.2 Å². The first-order chi connectivity index (χ1) is 16.9. The molecule has 1 aliphatic heterocycles. The summed E-state index contributed by atoms with van der Waals surface area (Å²) in [5.74, 6) is 2.05. The Bertz CT molecular complexity index is 1270. The quantitative estimate of drug-likeness (QED) is 0.465. The van der Waals surface area contributed by atoms with Crippen molar-refractivity contribution in [1.29, 1.82) is 0 Å². The van der Waals surface area contributed by atoms with Crippen LogP contribution in [0.25, 0.3) is 11.1 Å². The summed E-state index contributed by atoms with van der Waals surface area (Å²) >= 11 is 0.